The molecule has 2 aromatic rings. The van der Waals surface area contributed by atoms with E-state index in [4.69, 9.17) is 9.47 Å². The van der Waals surface area contributed by atoms with Crippen LogP contribution >= 0.6 is 11.3 Å². The van der Waals surface area contributed by atoms with Gasteiger partial charge in [-0.3, -0.25) is 4.99 Å². The number of rotatable bonds is 6. The first-order chi connectivity index (χ1) is 11.2. The van der Waals surface area contributed by atoms with Crippen LogP contribution in [0.2, 0.25) is 0 Å². The highest BCUT2D eigenvalue weighted by Gasteiger charge is 2.07. The summed E-state index contributed by atoms with van der Waals surface area (Å²) in [5, 5.41) is 8.73. The van der Waals surface area contributed by atoms with Crippen molar-refractivity contribution in [2.75, 3.05) is 21.3 Å². The van der Waals surface area contributed by atoms with E-state index < -0.39 is 0 Å². The second kappa shape index (κ2) is 8.43. The van der Waals surface area contributed by atoms with E-state index in [1.807, 2.05) is 18.2 Å². The highest BCUT2D eigenvalue weighted by molar-refractivity contribution is 7.10. The number of nitrogens with zero attached hydrogens (tertiary/aromatic N) is 1. The maximum Gasteiger partial charge on any atom is 0.191 e. The van der Waals surface area contributed by atoms with E-state index in [9.17, 15) is 0 Å². The second-order valence-corrected chi connectivity index (χ2v) is 5.98. The molecule has 0 fully saturated rings. The Morgan fingerprint density at radius 2 is 1.91 bits per heavy atom. The third-order valence-corrected chi connectivity index (χ3v) is 4.57. The van der Waals surface area contributed by atoms with Crippen LogP contribution in [-0.2, 0) is 13.1 Å². The first kappa shape index (κ1) is 17.1. The molecular formula is C17H23N3O2S. The summed E-state index contributed by atoms with van der Waals surface area (Å²) in [4.78, 5) is 5.57. The predicted octanol–water partition coefficient (Wildman–Crippen LogP) is 2.94. The van der Waals surface area contributed by atoms with Crippen molar-refractivity contribution in [1.82, 2.24) is 10.6 Å². The van der Waals surface area contributed by atoms with Crippen molar-refractivity contribution in [3.05, 3.63) is 45.6 Å². The fourth-order valence-corrected chi connectivity index (χ4v) is 2.99. The molecule has 0 radical (unpaired) electrons. The Morgan fingerprint density at radius 3 is 2.52 bits per heavy atom. The lowest BCUT2D eigenvalue weighted by Crippen LogP contribution is -2.36. The molecule has 1 aromatic heterocycles. The fraction of sp³-hybridized carbons (Fsp3) is 0.353. The molecule has 0 aliphatic carbocycles. The van der Waals surface area contributed by atoms with Crippen molar-refractivity contribution in [3.63, 3.8) is 0 Å². The standard InChI is InChI=1S/C17H23N3O2S/c1-12-7-8-23-16(12)11-20-17(18-2)19-10-13-5-6-14(21-3)9-15(13)22-4/h5-9H,10-11H2,1-4H3,(H2,18,19,20). The first-order valence-electron chi connectivity index (χ1n) is 7.36. The Hall–Kier alpha value is -2.21. The number of hydrogen-bond donors (Lipinski definition) is 2. The molecule has 0 unspecified atom stereocenters. The first-order valence-corrected chi connectivity index (χ1v) is 8.24. The number of benzene rings is 1. The molecular weight excluding hydrogens is 310 g/mol. The zero-order valence-corrected chi connectivity index (χ0v) is 14.8. The SMILES string of the molecule is CN=C(NCc1ccc(OC)cc1OC)NCc1sccc1C. The molecule has 0 bridgehead atoms. The summed E-state index contributed by atoms with van der Waals surface area (Å²) in [6.45, 7) is 3.51. The summed E-state index contributed by atoms with van der Waals surface area (Å²) in [6, 6.07) is 7.91. The fourth-order valence-electron chi connectivity index (χ4n) is 2.15. The average Bonchev–Trinajstić information content (AvgIpc) is 3.00. The van der Waals surface area contributed by atoms with Crippen LogP contribution in [0.15, 0.2) is 34.6 Å². The minimum Gasteiger partial charge on any atom is -0.497 e. The third-order valence-electron chi connectivity index (χ3n) is 3.55. The number of hydrogen-bond acceptors (Lipinski definition) is 4. The van der Waals surface area contributed by atoms with Crippen LogP contribution in [0.5, 0.6) is 11.5 Å². The zero-order valence-electron chi connectivity index (χ0n) is 14.0. The van der Waals surface area contributed by atoms with Gasteiger partial charge < -0.3 is 20.1 Å². The zero-order chi connectivity index (χ0) is 16.7. The minimum atomic E-state index is 0.621. The summed E-state index contributed by atoms with van der Waals surface area (Å²) >= 11 is 1.75. The molecule has 23 heavy (non-hydrogen) atoms. The van der Waals surface area contributed by atoms with E-state index in [1.165, 1.54) is 10.4 Å². The van der Waals surface area contributed by atoms with Crippen LogP contribution in [0.4, 0.5) is 0 Å². The van der Waals surface area contributed by atoms with Gasteiger partial charge in [0.15, 0.2) is 5.96 Å². The smallest absolute Gasteiger partial charge is 0.191 e. The molecule has 0 aliphatic rings. The van der Waals surface area contributed by atoms with Crippen LogP contribution in [0.1, 0.15) is 16.0 Å². The molecule has 5 nitrogen and oxygen atoms in total. The summed E-state index contributed by atoms with van der Waals surface area (Å²) in [7, 11) is 5.07. The Bertz CT molecular complexity index is 668. The summed E-state index contributed by atoms with van der Waals surface area (Å²) in [6.07, 6.45) is 0. The van der Waals surface area contributed by atoms with Crippen molar-refractivity contribution in [1.29, 1.82) is 0 Å². The van der Waals surface area contributed by atoms with Gasteiger partial charge in [0, 0.05) is 30.1 Å². The van der Waals surface area contributed by atoms with Gasteiger partial charge in [0.1, 0.15) is 11.5 Å². The number of methoxy groups -OCH3 is 2. The van der Waals surface area contributed by atoms with Gasteiger partial charge in [-0.05, 0) is 36.1 Å². The van der Waals surface area contributed by atoms with Gasteiger partial charge >= 0.3 is 0 Å². The van der Waals surface area contributed by atoms with Crippen molar-refractivity contribution in [2.24, 2.45) is 4.99 Å². The lowest BCUT2D eigenvalue weighted by Gasteiger charge is -2.14. The maximum absolute atomic E-state index is 5.41. The minimum absolute atomic E-state index is 0.621. The number of nitrogens with one attached hydrogen (secondary N) is 2. The van der Waals surface area contributed by atoms with E-state index in [2.05, 4.69) is 34.0 Å². The molecule has 124 valence electrons. The van der Waals surface area contributed by atoms with Crippen LogP contribution in [0, 0.1) is 6.92 Å². The number of aliphatic imine (C=N–C) groups is 1. The van der Waals surface area contributed by atoms with E-state index in [1.54, 1.807) is 32.6 Å². The largest absolute Gasteiger partial charge is 0.497 e. The highest BCUT2D eigenvalue weighted by atomic mass is 32.1. The summed E-state index contributed by atoms with van der Waals surface area (Å²) in [5.74, 6) is 2.33. The molecule has 1 aromatic carbocycles. The molecule has 0 saturated carbocycles. The van der Waals surface area contributed by atoms with Crippen molar-refractivity contribution < 1.29 is 9.47 Å². The Balaban J connectivity index is 1.94. The number of aryl methyl sites for hydroxylation is 1. The number of thiophene rings is 1. The maximum atomic E-state index is 5.41. The monoisotopic (exact) mass is 333 g/mol. The van der Waals surface area contributed by atoms with Crippen molar-refractivity contribution in [2.45, 2.75) is 20.0 Å². The molecule has 0 aliphatic heterocycles. The van der Waals surface area contributed by atoms with Gasteiger partial charge in [-0.15, -0.1) is 11.3 Å². The van der Waals surface area contributed by atoms with E-state index in [0.717, 1.165) is 29.6 Å². The van der Waals surface area contributed by atoms with Crippen LogP contribution < -0.4 is 20.1 Å². The number of guanidine groups is 1. The normalized spacial score (nSPS) is 11.2. The van der Waals surface area contributed by atoms with Gasteiger partial charge in [-0.25, -0.2) is 0 Å². The lowest BCUT2D eigenvalue weighted by atomic mass is 10.2. The van der Waals surface area contributed by atoms with Gasteiger partial charge in [0.05, 0.1) is 20.8 Å². The quantitative estimate of drug-likeness (QED) is 0.630. The van der Waals surface area contributed by atoms with Crippen LogP contribution in [-0.4, -0.2) is 27.2 Å². The summed E-state index contributed by atoms with van der Waals surface area (Å²) < 4.78 is 10.6. The topological polar surface area (TPSA) is 54.9 Å². The van der Waals surface area contributed by atoms with E-state index in [-0.39, 0.29) is 0 Å². The van der Waals surface area contributed by atoms with Crippen molar-refractivity contribution >= 4 is 17.3 Å². The molecule has 0 amide bonds. The van der Waals surface area contributed by atoms with Crippen LogP contribution in [0.3, 0.4) is 0 Å². The molecule has 2 N–H and O–H groups in total. The molecule has 2 rings (SSSR count). The highest BCUT2D eigenvalue weighted by Crippen LogP contribution is 2.24. The van der Waals surface area contributed by atoms with Crippen LogP contribution in [0.25, 0.3) is 0 Å². The molecule has 1 heterocycles. The average molecular weight is 333 g/mol. The summed E-state index contributed by atoms with van der Waals surface area (Å²) in [5.41, 5.74) is 2.35. The Kier molecular flexibility index (Phi) is 6.29. The third kappa shape index (κ3) is 4.63. The molecule has 6 heteroatoms. The van der Waals surface area contributed by atoms with Gasteiger partial charge in [0.2, 0.25) is 0 Å². The van der Waals surface area contributed by atoms with Gasteiger partial charge in [-0.2, -0.15) is 0 Å². The van der Waals surface area contributed by atoms with Gasteiger partial charge in [0.25, 0.3) is 0 Å². The van der Waals surface area contributed by atoms with E-state index >= 15 is 0 Å². The predicted molar refractivity (Wildman–Crippen MR) is 95.6 cm³/mol. The van der Waals surface area contributed by atoms with E-state index in [0.29, 0.717) is 6.54 Å². The van der Waals surface area contributed by atoms with Gasteiger partial charge in [-0.1, -0.05) is 0 Å². The Morgan fingerprint density at radius 1 is 1.13 bits per heavy atom. The number of ether oxygens (including phenoxy) is 2. The molecule has 0 saturated heterocycles. The molecule has 0 atom stereocenters. The lowest BCUT2D eigenvalue weighted by molar-refractivity contribution is 0.390. The Labute approximate surface area is 141 Å². The van der Waals surface area contributed by atoms with Crippen molar-refractivity contribution in [3.8, 4) is 11.5 Å². The second-order valence-electron chi connectivity index (χ2n) is 4.98. The molecule has 0 spiro atoms.